The molecule has 0 atom stereocenters. The van der Waals surface area contributed by atoms with Gasteiger partial charge in [0.25, 0.3) is 0 Å². The maximum absolute atomic E-state index is 11.3. The lowest BCUT2D eigenvalue weighted by Gasteiger charge is -2.28. The first-order valence-electron chi connectivity index (χ1n) is 5.45. The van der Waals surface area contributed by atoms with E-state index in [2.05, 4.69) is 0 Å². The van der Waals surface area contributed by atoms with Crippen molar-refractivity contribution in [1.29, 1.82) is 5.41 Å². The number of amidine groups is 1. The van der Waals surface area contributed by atoms with Crippen molar-refractivity contribution in [2.45, 2.75) is 24.9 Å². The highest BCUT2D eigenvalue weighted by Crippen LogP contribution is 2.42. The summed E-state index contributed by atoms with van der Waals surface area (Å²) in [5.74, 6) is -0.0594. The summed E-state index contributed by atoms with van der Waals surface area (Å²) in [5, 5.41) is 16.8. The zero-order valence-corrected chi connectivity index (χ0v) is 10.6. The largest absolute Gasteiger partial charge is 0.465 e. The van der Waals surface area contributed by atoms with E-state index in [9.17, 15) is 9.90 Å². The van der Waals surface area contributed by atoms with Gasteiger partial charge in [0.1, 0.15) is 11.4 Å². The number of benzene rings is 1. The summed E-state index contributed by atoms with van der Waals surface area (Å²) in [5.41, 5.74) is 5.65. The van der Waals surface area contributed by atoms with E-state index in [1.807, 2.05) is 30.3 Å². The molecule has 1 fully saturated rings. The van der Waals surface area contributed by atoms with Crippen molar-refractivity contribution in [2.75, 3.05) is 0 Å². The molecule has 5 nitrogen and oxygen atoms in total. The number of halogens is 1. The summed E-state index contributed by atoms with van der Waals surface area (Å²) in [7, 11) is 0. The molecule has 0 radical (unpaired) electrons. The van der Waals surface area contributed by atoms with Gasteiger partial charge < -0.3 is 10.8 Å². The maximum Gasteiger partial charge on any atom is 0.408 e. The van der Waals surface area contributed by atoms with Crippen LogP contribution in [0.3, 0.4) is 0 Å². The van der Waals surface area contributed by atoms with Gasteiger partial charge in [-0.1, -0.05) is 30.3 Å². The Labute approximate surface area is 112 Å². The van der Waals surface area contributed by atoms with Gasteiger partial charge in [-0.3, -0.25) is 10.3 Å². The summed E-state index contributed by atoms with van der Waals surface area (Å²) in [6, 6.07) is 9.34. The maximum atomic E-state index is 11.3. The minimum absolute atomic E-state index is 0. The Bertz CT molecular complexity index is 446. The first-order chi connectivity index (χ1) is 8.06. The fourth-order valence-electron chi connectivity index (χ4n) is 1.97. The normalized spacial score (nSPS) is 15.3. The standard InChI is InChI=1S/C12H15N3O2.ClH/c13-10(14)12(6-7-12)15(11(16)17)8-9-4-2-1-3-5-9;/h1-5H,6-8H2,(H3,13,14)(H,16,17);1H. The third kappa shape index (κ3) is 2.56. The molecule has 0 bridgehead atoms. The van der Waals surface area contributed by atoms with Gasteiger partial charge in [-0.25, -0.2) is 4.79 Å². The molecule has 0 saturated heterocycles. The summed E-state index contributed by atoms with van der Waals surface area (Å²) in [6.07, 6.45) is 0.254. The number of hydrogen-bond donors (Lipinski definition) is 3. The number of rotatable bonds is 4. The molecular weight excluding hydrogens is 254 g/mol. The topological polar surface area (TPSA) is 90.4 Å². The van der Waals surface area contributed by atoms with E-state index in [-0.39, 0.29) is 24.8 Å². The van der Waals surface area contributed by atoms with Gasteiger partial charge in [0.15, 0.2) is 0 Å². The number of nitrogens with one attached hydrogen (secondary N) is 1. The van der Waals surface area contributed by atoms with E-state index in [1.54, 1.807) is 0 Å². The van der Waals surface area contributed by atoms with Gasteiger partial charge in [0, 0.05) is 0 Å². The van der Waals surface area contributed by atoms with E-state index < -0.39 is 11.6 Å². The fourth-order valence-corrected chi connectivity index (χ4v) is 1.97. The minimum Gasteiger partial charge on any atom is -0.465 e. The molecule has 98 valence electrons. The van der Waals surface area contributed by atoms with Crippen LogP contribution in [0.15, 0.2) is 30.3 Å². The van der Waals surface area contributed by atoms with Crippen LogP contribution >= 0.6 is 12.4 Å². The molecule has 1 aromatic rings. The van der Waals surface area contributed by atoms with Gasteiger partial charge in [-0.05, 0) is 18.4 Å². The molecule has 4 N–H and O–H groups in total. The van der Waals surface area contributed by atoms with Crippen LogP contribution in [0.1, 0.15) is 18.4 Å². The average molecular weight is 270 g/mol. The molecular formula is C12H16ClN3O2. The third-order valence-electron chi connectivity index (χ3n) is 3.16. The van der Waals surface area contributed by atoms with Crippen LogP contribution < -0.4 is 5.73 Å². The smallest absolute Gasteiger partial charge is 0.408 e. The summed E-state index contributed by atoms with van der Waals surface area (Å²) >= 11 is 0. The molecule has 1 aliphatic carbocycles. The summed E-state index contributed by atoms with van der Waals surface area (Å²) < 4.78 is 0. The number of hydrogen-bond acceptors (Lipinski definition) is 2. The van der Waals surface area contributed by atoms with Crippen molar-refractivity contribution >= 4 is 24.3 Å². The van der Waals surface area contributed by atoms with Crippen molar-refractivity contribution in [1.82, 2.24) is 4.90 Å². The predicted octanol–water partition coefficient (Wildman–Crippen LogP) is 2.06. The second-order valence-electron chi connectivity index (χ2n) is 4.30. The first kappa shape index (κ1) is 14.3. The summed E-state index contributed by atoms with van der Waals surface area (Å²) in [6.45, 7) is 0.274. The quantitative estimate of drug-likeness (QED) is 0.577. The third-order valence-corrected chi connectivity index (χ3v) is 3.16. The van der Waals surface area contributed by atoms with Crippen molar-refractivity contribution in [3.8, 4) is 0 Å². The Morgan fingerprint density at radius 2 is 1.94 bits per heavy atom. The molecule has 18 heavy (non-hydrogen) atoms. The molecule has 0 spiro atoms. The van der Waals surface area contributed by atoms with Gasteiger partial charge >= 0.3 is 6.09 Å². The van der Waals surface area contributed by atoms with Crippen LogP contribution in [0.25, 0.3) is 0 Å². The molecule has 6 heteroatoms. The monoisotopic (exact) mass is 269 g/mol. The Morgan fingerprint density at radius 1 is 1.39 bits per heavy atom. The molecule has 1 saturated carbocycles. The van der Waals surface area contributed by atoms with E-state index in [0.29, 0.717) is 12.8 Å². The van der Waals surface area contributed by atoms with E-state index in [1.165, 1.54) is 4.90 Å². The Balaban J connectivity index is 0.00000162. The number of nitrogens with zero attached hydrogens (tertiary/aromatic N) is 1. The highest BCUT2D eigenvalue weighted by molar-refractivity contribution is 5.93. The van der Waals surface area contributed by atoms with Gasteiger partial charge in [0.2, 0.25) is 0 Å². The molecule has 0 unspecified atom stereocenters. The average Bonchev–Trinajstić information content (AvgIpc) is 3.08. The van der Waals surface area contributed by atoms with Crippen LogP contribution in [-0.4, -0.2) is 27.5 Å². The Morgan fingerprint density at radius 3 is 2.33 bits per heavy atom. The van der Waals surface area contributed by atoms with Crippen LogP contribution in [0.5, 0.6) is 0 Å². The Kier molecular flexibility index (Phi) is 4.19. The molecule has 0 aliphatic heterocycles. The second-order valence-corrected chi connectivity index (χ2v) is 4.30. The molecule has 1 aliphatic rings. The SMILES string of the molecule is Cl.N=C(N)C1(N(Cc2ccccc2)C(=O)O)CC1. The number of nitrogens with two attached hydrogens (primary N) is 1. The molecule has 2 rings (SSSR count). The Hall–Kier alpha value is -1.75. The van der Waals surface area contributed by atoms with Crippen molar-refractivity contribution in [2.24, 2.45) is 5.73 Å². The van der Waals surface area contributed by atoms with Crippen LogP contribution in [0.2, 0.25) is 0 Å². The fraction of sp³-hybridized carbons (Fsp3) is 0.333. The van der Waals surface area contributed by atoms with Crippen molar-refractivity contribution in [3.63, 3.8) is 0 Å². The van der Waals surface area contributed by atoms with Crippen LogP contribution in [-0.2, 0) is 6.54 Å². The van der Waals surface area contributed by atoms with E-state index >= 15 is 0 Å². The predicted molar refractivity (Wildman–Crippen MR) is 71.1 cm³/mol. The lowest BCUT2D eigenvalue weighted by Crippen LogP contribution is -2.48. The second kappa shape index (κ2) is 5.27. The number of carbonyl (C=O) groups is 1. The molecule has 1 amide bonds. The summed E-state index contributed by atoms with van der Waals surface area (Å²) in [4.78, 5) is 12.5. The van der Waals surface area contributed by atoms with Crippen LogP contribution in [0, 0.1) is 5.41 Å². The first-order valence-corrected chi connectivity index (χ1v) is 5.45. The highest BCUT2D eigenvalue weighted by Gasteiger charge is 2.53. The van der Waals surface area contributed by atoms with Crippen molar-refractivity contribution in [3.05, 3.63) is 35.9 Å². The lowest BCUT2D eigenvalue weighted by molar-refractivity contribution is 0.128. The highest BCUT2D eigenvalue weighted by atomic mass is 35.5. The van der Waals surface area contributed by atoms with Crippen molar-refractivity contribution < 1.29 is 9.90 Å². The lowest BCUT2D eigenvalue weighted by atomic mass is 10.1. The van der Waals surface area contributed by atoms with Crippen LogP contribution in [0.4, 0.5) is 4.79 Å². The van der Waals surface area contributed by atoms with E-state index in [4.69, 9.17) is 11.1 Å². The van der Waals surface area contributed by atoms with Gasteiger partial charge in [-0.2, -0.15) is 0 Å². The molecule has 0 aromatic heterocycles. The number of carboxylic acid groups (broad SMARTS) is 1. The minimum atomic E-state index is -1.03. The zero-order valence-electron chi connectivity index (χ0n) is 9.80. The van der Waals surface area contributed by atoms with E-state index in [0.717, 1.165) is 5.56 Å². The molecule has 1 aromatic carbocycles. The number of amides is 1. The van der Waals surface area contributed by atoms with Gasteiger partial charge in [-0.15, -0.1) is 12.4 Å². The van der Waals surface area contributed by atoms with Gasteiger partial charge in [0.05, 0.1) is 6.54 Å². The molecule has 0 heterocycles. The zero-order chi connectivity index (χ0) is 12.5.